The Hall–Kier alpha value is -2.42. The molecule has 0 fully saturated rings. The molecule has 1 atom stereocenters. The molecule has 4 rings (SSSR count). The first-order chi connectivity index (χ1) is 10.9. The minimum absolute atomic E-state index is 0.00845. The molecule has 1 aromatic rings. The van der Waals surface area contributed by atoms with Crippen molar-refractivity contribution in [3.05, 3.63) is 63.3 Å². The van der Waals surface area contributed by atoms with Crippen LogP contribution < -0.4 is 0 Å². The van der Waals surface area contributed by atoms with Gasteiger partial charge >= 0.3 is 0 Å². The molecule has 0 radical (unpaired) electrons. The Bertz CT molecular complexity index is 895. The number of hydrogen-bond donors (Lipinski definition) is 1. The van der Waals surface area contributed by atoms with Crippen molar-refractivity contribution < 1.29 is 14.7 Å². The second kappa shape index (κ2) is 4.31. The molecule has 3 aliphatic rings. The predicted octanol–water partition coefficient (Wildman–Crippen LogP) is 4.14. The third kappa shape index (κ3) is 1.60. The number of aromatic hydroxyl groups is 1. The van der Waals surface area contributed by atoms with Gasteiger partial charge in [0, 0.05) is 16.7 Å². The maximum Gasteiger partial charge on any atom is 0.191 e. The van der Waals surface area contributed by atoms with Crippen LogP contribution in [0.4, 0.5) is 0 Å². The highest BCUT2D eigenvalue weighted by Gasteiger charge is 2.50. The van der Waals surface area contributed by atoms with Crippen LogP contribution in [0.25, 0.3) is 0 Å². The van der Waals surface area contributed by atoms with Crippen molar-refractivity contribution in [2.45, 2.75) is 33.6 Å². The molecule has 1 unspecified atom stereocenters. The van der Waals surface area contributed by atoms with E-state index >= 15 is 0 Å². The molecule has 0 amide bonds. The molecule has 0 aromatic heterocycles. The first-order valence-electron chi connectivity index (χ1n) is 7.90. The van der Waals surface area contributed by atoms with E-state index in [1.807, 2.05) is 19.9 Å². The monoisotopic (exact) mass is 306 g/mol. The van der Waals surface area contributed by atoms with Crippen molar-refractivity contribution in [2.75, 3.05) is 0 Å². The molecule has 0 aliphatic heterocycles. The minimum Gasteiger partial charge on any atom is -0.508 e. The Morgan fingerprint density at radius 2 is 1.83 bits per heavy atom. The Balaban J connectivity index is 2.05. The fourth-order valence-corrected chi connectivity index (χ4v) is 4.15. The van der Waals surface area contributed by atoms with Gasteiger partial charge in [0.15, 0.2) is 11.6 Å². The molecule has 3 aliphatic carbocycles. The molecule has 116 valence electrons. The van der Waals surface area contributed by atoms with Gasteiger partial charge in [0.05, 0.1) is 5.41 Å². The quantitative estimate of drug-likeness (QED) is 0.783. The number of carbonyl (C=O) groups is 2. The standard InChI is InChI=1S/C20H18O3/c1-10-4-6-13-11(2)20(3)17(9-15(10)13)18(22)16-8-12(21)5-7-14(16)19(20)23/h5,7-9,21H,4,6H2,1-3H3. The van der Waals surface area contributed by atoms with E-state index in [0.29, 0.717) is 16.7 Å². The van der Waals surface area contributed by atoms with E-state index in [9.17, 15) is 14.7 Å². The molecule has 1 aromatic carbocycles. The maximum absolute atomic E-state index is 13.2. The number of carbonyl (C=O) groups excluding carboxylic acids is 2. The van der Waals surface area contributed by atoms with Crippen LogP contribution in [0.1, 0.15) is 54.3 Å². The Morgan fingerprint density at radius 1 is 1.09 bits per heavy atom. The normalized spacial score (nSPS) is 26.1. The highest BCUT2D eigenvalue weighted by atomic mass is 16.3. The number of benzene rings is 1. The Labute approximate surface area is 135 Å². The van der Waals surface area contributed by atoms with Crippen LogP contribution in [0.15, 0.2) is 52.1 Å². The van der Waals surface area contributed by atoms with Crippen LogP contribution in [-0.2, 0) is 0 Å². The van der Waals surface area contributed by atoms with Crippen LogP contribution in [0, 0.1) is 5.41 Å². The van der Waals surface area contributed by atoms with Gasteiger partial charge in [0.25, 0.3) is 0 Å². The summed E-state index contributed by atoms with van der Waals surface area (Å²) in [6, 6.07) is 4.44. The molecular weight excluding hydrogens is 288 g/mol. The van der Waals surface area contributed by atoms with Crippen LogP contribution in [-0.4, -0.2) is 16.7 Å². The van der Waals surface area contributed by atoms with Gasteiger partial charge in [-0.1, -0.05) is 11.1 Å². The largest absolute Gasteiger partial charge is 0.508 e. The van der Waals surface area contributed by atoms with Crippen molar-refractivity contribution >= 4 is 11.6 Å². The summed E-state index contributed by atoms with van der Waals surface area (Å²) >= 11 is 0. The van der Waals surface area contributed by atoms with E-state index in [0.717, 1.165) is 24.0 Å². The number of rotatable bonds is 0. The van der Waals surface area contributed by atoms with Crippen molar-refractivity contribution in [1.29, 1.82) is 0 Å². The lowest BCUT2D eigenvalue weighted by Crippen LogP contribution is -2.42. The first-order valence-corrected chi connectivity index (χ1v) is 7.90. The van der Waals surface area contributed by atoms with E-state index in [2.05, 4.69) is 6.92 Å². The predicted molar refractivity (Wildman–Crippen MR) is 87.6 cm³/mol. The summed E-state index contributed by atoms with van der Waals surface area (Å²) in [5.74, 6) is -0.190. The van der Waals surface area contributed by atoms with Gasteiger partial charge in [0.2, 0.25) is 0 Å². The average Bonchev–Trinajstić information content (AvgIpc) is 2.89. The number of phenolic OH excluding ortho intramolecular Hbond substituents is 1. The van der Waals surface area contributed by atoms with Gasteiger partial charge in [-0.2, -0.15) is 0 Å². The van der Waals surface area contributed by atoms with Crippen molar-refractivity contribution in [2.24, 2.45) is 5.41 Å². The third-order valence-corrected chi connectivity index (χ3v) is 5.76. The van der Waals surface area contributed by atoms with E-state index in [4.69, 9.17) is 0 Å². The van der Waals surface area contributed by atoms with E-state index in [1.165, 1.54) is 23.3 Å². The highest BCUT2D eigenvalue weighted by molar-refractivity contribution is 6.26. The summed E-state index contributed by atoms with van der Waals surface area (Å²) in [4.78, 5) is 26.2. The molecule has 0 spiro atoms. The van der Waals surface area contributed by atoms with Crippen molar-refractivity contribution in [1.82, 2.24) is 0 Å². The van der Waals surface area contributed by atoms with Crippen LogP contribution in [0.2, 0.25) is 0 Å². The van der Waals surface area contributed by atoms with Crippen LogP contribution >= 0.6 is 0 Å². The number of ketones is 2. The number of hydrogen-bond acceptors (Lipinski definition) is 3. The van der Waals surface area contributed by atoms with Gasteiger partial charge in [0.1, 0.15) is 5.75 Å². The third-order valence-electron chi connectivity index (χ3n) is 5.76. The van der Waals surface area contributed by atoms with Crippen LogP contribution in [0.3, 0.4) is 0 Å². The second-order valence-electron chi connectivity index (χ2n) is 6.87. The molecule has 0 saturated heterocycles. The summed E-state index contributed by atoms with van der Waals surface area (Å²) in [7, 11) is 0. The zero-order valence-corrected chi connectivity index (χ0v) is 13.5. The van der Waals surface area contributed by atoms with Crippen LogP contribution in [0.5, 0.6) is 5.75 Å². The summed E-state index contributed by atoms with van der Waals surface area (Å²) in [5, 5.41) is 9.70. The molecule has 0 heterocycles. The smallest absolute Gasteiger partial charge is 0.191 e. The second-order valence-corrected chi connectivity index (χ2v) is 6.87. The molecule has 3 heteroatoms. The van der Waals surface area contributed by atoms with Gasteiger partial charge in [-0.3, -0.25) is 9.59 Å². The first kappa shape index (κ1) is 14.2. The fraction of sp³-hybridized carbons (Fsp3) is 0.300. The minimum atomic E-state index is -0.884. The van der Waals surface area contributed by atoms with Crippen molar-refractivity contribution in [3.63, 3.8) is 0 Å². The lowest BCUT2D eigenvalue weighted by atomic mass is 9.60. The highest BCUT2D eigenvalue weighted by Crippen LogP contribution is 2.53. The fourth-order valence-electron chi connectivity index (χ4n) is 4.15. The molecule has 3 nitrogen and oxygen atoms in total. The Kier molecular flexibility index (Phi) is 2.66. The van der Waals surface area contributed by atoms with Crippen molar-refractivity contribution in [3.8, 4) is 5.75 Å². The molecule has 1 N–H and O–H groups in total. The summed E-state index contributed by atoms with van der Waals surface area (Å²) in [6.07, 6.45) is 3.84. The maximum atomic E-state index is 13.2. The Morgan fingerprint density at radius 3 is 2.57 bits per heavy atom. The zero-order valence-electron chi connectivity index (χ0n) is 13.5. The summed E-state index contributed by atoms with van der Waals surface area (Å²) in [5.41, 5.74) is 5.00. The van der Waals surface area contributed by atoms with E-state index < -0.39 is 5.41 Å². The number of fused-ring (bicyclic) bond motifs is 3. The summed E-state index contributed by atoms with van der Waals surface area (Å²) < 4.78 is 0. The van der Waals surface area contributed by atoms with Gasteiger partial charge in [-0.25, -0.2) is 0 Å². The van der Waals surface area contributed by atoms with E-state index in [-0.39, 0.29) is 17.3 Å². The molecule has 23 heavy (non-hydrogen) atoms. The molecular formula is C20H18O3. The van der Waals surface area contributed by atoms with E-state index in [1.54, 1.807) is 6.07 Å². The van der Waals surface area contributed by atoms with Gasteiger partial charge < -0.3 is 5.11 Å². The lowest BCUT2D eigenvalue weighted by molar-refractivity contribution is 0.0830. The summed E-state index contributed by atoms with van der Waals surface area (Å²) in [6.45, 7) is 5.93. The zero-order chi connectivity index (χ0) is 16.5. The number of allylic oxidation sites excluding steroid dienone is 6. The average molecular weight is 306 g/mol. The molecule has 0 bridgehead atoms. The SMILES string of the molecule is CC1=C2C=C3C(=O)c4cc(O)ccc4C(=O)C3(C)C(C)=C2CC1. The van der Waals surface area contributed by atoms with Gasteiger partial charge in [-0.05, 0) is 69.0 Å². The topological polar surface area (TPSA) is 54.4 Å². The number of phenols is 1. The lowest BCUT2D eigenvalue weighted by Gasteiger charge is -2.40. The number of Topliss-reactive ketones (excluding diaryl/α,β-unsaturated/α-hetero) is 2. The van der Waals surface area contributed by atoms with Gasteiger partial charge in [-0.15, -0.1) is 0 Å². The molecule has 0 saturated carbocycles.